The Labute approximate surface area is 146 Å². The second kappa shape index (κ2) is 8.26. The zero-order valence-electron chi connectivity index (χ0n) is 13.9. The number of hydrogen-bond acceptors (Lipinski definition) is 5. The largest absolute Gasteiger partial charge is 0.487 e. The van der Waals surface area contributed by atoms with Crippen LogP contribution in [0.5, 0.6) is 5.75 Å². The van der Waals surface area contributed by atoms with Crippen molar-refractivity contribution in [1.29, 1.82) is 0 Å². The average molecular weight is 345 g/mol. The number of likely N-dealkylation sites (N-methyl/N-ethyl adjacent to an activating group) is 1. The third-order valence-corrected chi connectivity index (χ3v) is 5.01. The maximum atomic E-state index is 12.4. The first-order valence-corrected chi connectivity index (χ1v) is 9.32. The van der Waals surface area contributed by atoms with Gasteiger partial charge in [0.1, 0.15) is 12.4 Å². The fourth-order valence-corrected chi connectivity index (χ4v) is 3.59. The fraction of sp³-hybridized carbons (Fsp3) is 0.444. The number of aromatic nitrogens is 1. The molecule has 1 unspecified atom stereocenters. The lowest BCUT2D eigenvalue weighted by atomic mass is 10.2. The van der Waals surface area contributed by atoms with Gasteiger partial charge >= 0.3 is 0 Å². The lowest BCUT2D eigenvalue weighted by Crippen LogP contribution is -2.40. The van der Waals surface area contributed by atoms with E-state index in [9.17, 15) is 4.79 Å². The maximum Gasteiger partial charge on any atom is 0.251 e. The number of likely N-dealkylation sites (tertiary alicyclic amines) is 1. The highest BCUT2D eigenvalue weighted by molar-refractivity contribution is 7.07. The van der Waals surface area contributed by atoms with E-state index in [1.165, 1.54) is 6.42 Å². The van der Waals surface area contributed by atoms with Crippen LogP contribution in [0.4, 0.5) is 0 Å². The molecule has 1 N–H and O–H groups in total. The minimum atomic E-state index is -0.0444. The topological polar surface area (TPSA) is 54.5 Å². The second-order valence-corrected chi connectivity index (χ2v) is 6.65. The Morgan fingerprint density at radius 2 is 2.42 bits per heavy atom. The Hall–Kier alpha value is -1.92. The molecule has 1 atom stereocenters. The minimum absolute atomic E-state index is 0.0444. The lowest BCUT2D eigenvalue weighted by Gasteiger charge is -2.22. The molecule has 0 bridgehead atoms. The van der Waals surface area contributed by atoms with E-state index in [1.54, 1.807) is 22.9 Å². The zero-order valence-corrected chi connectivity index (χ0v) is 14.7. The van der Waals surface area contributed by atoms with Gasteiger partial charge in [0.2, 0.25) is 0 Å². The van der Waals surface area contributed by atoms with Gasteiger partial charge in [-0.2, -0.15) is 0 Å². The van der Waals surface area contributed by atoms with Crippen LogP contribution < -0.4 is 10.1 Å². The first kappa shape index (κ1) is 16.9. The van der Waals surface area contributed by atoms with Crippen molar-refractivity contribution in [3.05, 3.63) is 46.4 Å². The SMILES string of the molecule is CCN1CCCC1CNC(=O)c1cccc(OCc2cscn2)c1. The van der Waals surface area contributed by atoms with Gasteiger partial charge in [-0.1, -0.05) is 13.0 Å². The summed E-state index contributed by atoms with van der Waals surface area (Å²) in [7, 11) is 0. The number of nitrogens with zero attached hydrogens (tertiary/aromatic N) is 2. The van der Waals surface area contributed by atoms with Gasteiger partial charge in [-0.15, -0.1) is 11.3 Å². The zero-order chi connectivity index (χ0) is 16.8. The molecule has 3 rings (SSSR count). The Kier molecular flexibility index (Phi) is 5.82. The number of rotatable bonds is 7. The van der Waals surface area contributed by atoms with E-state index in [1.807, 2.05) is 23.6 Å². The van der Waals surface area contributed by atoms with E-state index >= 15 is 0 Å². The summed E-state index contributed by atoms with van der Waals surface area (Å²) in [5.41, 5.74) is 3.31. The molecule has 0 saturated carbocycles. The van der Waals surface area contributed by atoms with Crippen LogP contribution in [0, 0.1) is 0 Å². The smallest absolute Gasteiger partial charge is 0.251 e. The van der Waals surface area contributed by atoms with E-state index in [2.05, 4.69) is 22.1 Å². The first-order chi connectivity index (χ1) is 11.8. The highest BCUT2D eigenvalue weighted by Crippen LogP contribution is 2.17. The maximum absolute atomic E-state index is 12.4. The van der Waals surface area contributed by atoms with E-state index in [0.29, 0.717) is 30.5 Å². The summed E-state index contributed by atoms with van der Waals surface area (Å²) < 4.78 is 5.71. The van der Waals surface area contributed by atoms with Crippen LogP contribution in [0.2, 0.25) is 0 Å². The van der Waals surface area contributed by atoms with Crippen LogP contribution in [-0.4, -0.2) is 41.5 Å². The minimum Gasteiger partial charge on any atom is -0.487 e. The number of amides is 1. The third-order valence-electron chi connectivity index (χ3n) is 4.37. The lowest BCUT2D eigenvalue weighted by molar-refractivity contribution is 0.0941. The monoisotopic (exact) mass is 345 g/mol. The number of benzene rings is 1. The molecule has 128 valence electrons. The quantitative estimate of drug-likeness (QED) is 0.838. The van der Waals surface area contributed by atoms with Crippen molar-refractivity contribution in [2.45, 2.75) is 32.4 Å². The summed E-state index contributed by atoms with van der Waals surface area (Å²) in [5, 5.41) is 5.01. The average Bonchev–Trinajstić information content (AvgIpc) is 3.29. The number of hydrogen-bond donors (Lipinski definition) is 1. The molecular formula is C18H23N3O2S. The van der Waals surface area contributed by atoms with Crippen LogP contribution >= 0.6 is 11.3 Å². The number of ether oxygens (including phenoxy) is 1. The summed E-state index contributed by atoms with van der Waals surface area (Å²) in [6.07, 6.45) is 2.37. The normalized spacial score (nSPS) is 17.8. The summed E-state index contributed by atoms with van der Waals surface area (Å²) in [5.74, 6) is 0.642. The number of carbonyl (C=O) groups excluding carboxylic acids is 1. The van der Waals surface area contributed by atoms with Gasteiger partial charge in [0.15, 0.2) is 0 Å². The molecule has 2 heterocycles. The molecule has 1 fully saturated rings. The molecule has 0 aliphatic carbocycles. The van der Waals surface area contributed by atoms with Crippen LogP contribution in [0.1, 0.15) is 35.8 Å². The fourth-order valence-electron chi connectivity index (χ4n) is 3.05. The van der Waals surface area contributed by atoms with E-state index in [4.69, 9.17) is 4.74 Å². The van der Waals surface area contributed by atoms with Gasteiger partial charge in [-0.25, -0.2) is 4.98 Å². The van der Waals surface area contributed by atoms with Crippen LogP contribution in [0.25, 0.3) is 0 Å². The summed E-state index contributed by atoms with van der Waals surface area (Å²) >= 11 is 1.54. The Bertz CT molecular complexity index is 660. The molecule has 0 radical (unpaired) electrons. The molecular weight excluding hydrogens is 322 g/mol. The van der Waals surface area contributed by atoms with E-state index < -0.39 is 0 Å². The highest BCUT2D eigenvalue weighted by atomic mass is 32.1. The van der Waals surface area contributed by atoms with Crippen molar-refractivity contribution >= 4 is 17.2 Å². The molecule has 0 spiro atoms. The Morgan fingerprint density at radius 3 is 3.21 bits per heavy atom. The molecule has 1 saturated heterocycles. The third kappa shape index (κ3) is 4.33. The second-order valence-electron chi connectivity index (χ2n) is 5.93. The van der Waals surface area contributed by atoms with Gasteiger partial charge in [0.25, 0.3) is 5.91 Å². The predicted octanol–water partition coefficient (Wildman–Crippen LogP) is 2.94. The first-order valence-electron chi connectivity index (χ1n) is 8.38. The van der Waals surface area contributed by atoms with Crippen LogP contribution in [-0.2, 0) is 6.61 Å². The molecule has 5 nitrogen and oxygen atoms in total. The molecule has 1 aliphatic rings. The predicted molar refractivity (Wildman–Crippen MR) is 95.5 cm³/mol. The number of carbonyl (C=O) groups is 1. The molecule has 6 heteroatoms. The molecule has 1 amide bonds. The van der Waals surface area contributed by atoms with Crippen LogP contribution in [0.15, 0.2) is 35.2 Å². The van der Waals surface area contributed by atoms with Gasteiger partial charge in [0, 0.05) is 23.5 Å². The van der Waals surface area contributed by atoms with E-state index in [0.717, 1.165) is 25.2 Å². The van der Waals surface area contributed by atoms with Crippen molar-refractivity contribution in [2.75, 3.05) is 19.6 Å². The van der Waals surface area contributed by atoms with Gasteiger partial charge in [0.05, 0.1) is 11.2 Å². The summed E-state index contributed by atoms with van der Waals surface area (Å²) in [6, 6.07) is 7.77. The standard InChI is InChI=1S/C18H23N3O2S/c1-2-21-8-4-6-16(21)10-19-18(22)14-5-3-7-17(9-14)23-11-15-12-24-13-20-15/h3,5,7,9,12-13,16H,2,4,6,8,10-11H2,1H3,(H,19,22). The van der Waals surface area contributed by atoms with Gasteiger partial charge < -0.3 is 10.1 Å². The number of nitrogens with one attached hydrogen (secondary N) is 1. The molecule has 1 aliphatic heterocycles. The van der Waals surface area contributed by atoms with Crippen molar-refractivity contribution < 1.29 is 9.53 Å². The molecule has 24 heavy (non-hydrogen) atoms. The summed E-state index contributed by atoms with van der Waals surface area (Å²) in [6.45, 7) is 5.47. The number of thiazole rings is 1. The van der Waals surface area contributed by atoms with Crippen molar-refractivity contribution in [3.8, 4) is 5.75 Å². The van der Waals surface area contributed by atoms with Crippen molar-refractivity contribution in [1.82, 2.24) is 15.2 Å². The molecule has 1 aromatic carbocycles. The van der Waals surface area contributed by atoms with Crippen LogP contribution in [0.3, 0.4) is 0 Å². The van der Waals surface area contributed by atoms with Crippen molar-refractivity contribution in [2.24, 2.45) is 0 Å². The highest BCUT2D eigenvalue weighted by Gasteiger charge is 2.23. The van der Waals surface area contributed by atoms with Gasteiger partial charge in [-0.05, 0) is 44.1 Å². The van der Waals surface area contributed by atoms with E-state index in [-0.39, 0.29) is 5.91 Å². The Balaban J connectivity index is 1.53. The van der Waals surface area contributed by atoms with Gasteiger partial charge in [-0.3, -0.25) is 9.69 Å². The molecule has 2 aromatic rings. The summed E-state index contributed by atoms with van der Waals surface area (Å²) in [4.78, 5) is 19.0. The van der Waals surface area contributed by atoms with Crippen molar-refractivity contribution in [3.63, 3.8) is 0 Å². The Morgan fingerprint density at radius 1 is 1.50 bits per heavy atom. The molecule has 1 aromatic heterocycles.